The number of aryl methyl sites for hydroxylation is 1. The van der Waals surface area contributed by atoms with Crippen molar-refractivity contribution in [3.05, 3.63) is 64.2 Å². The van der Waals surface area contributed by atoms with E-state index in [0.29, 0.717) is 29.5 Å². The lowest BCUT2D eigenvalue weighted by molar-refractivity contribution is 0.0350. The van der Waals surface area contributed by atoms with Crippen LogP contribution in [0.25, 0.3) is 0 Å². The number of phenolic OH excluding ortho intramolecular Hbond substituents is 1. The van der Waals surface area contributed by atoms with E-state index in [0.717, 1.165) is 38.4 Å². The first kappa shape index (κ1) is 18.8. The van der Waals surface area contributed by atoms with Gasteiger partial charge < -0.3 is 15.6 Å². The summed E-state index contributed by atoms with van der Waals surface area (Å²) in [6.07, 6.45) is 1.27. The predicted molar refractivity (Wildman–Crippen MR) is 105 cm³/mol. The second kappa shape index (κ2) is 7.83. The number of rotatable bonds is 5. The normalized spacial score (nSPS) is 17.9. The summed E-state index contributed by atoms with van der Waals surface area (Å²) in [5, 5.41) is 10.3. The number of fused-ring (bicyclic) bond motifs is 2. The van der Waals surface area contributed by atoms with Crippen molar-refractivity contribution in [2.75, 3.05) is 32.8 Å². The molecule has 1 heterocycles. The summed E-state index contributed by atoms with van der Waals surface area (Å²) in [6, 6.07) is 9.95. The Labute approximate surface area is 163 Å². The summed E-state index contributed by atoms with van der Waals surface area (Å²) in [5.74, 6) is -0.663. The minimum absolute atomic E-state index is 0.0377. The molecule has 6 nitrogen and oxygen atoms in total. The summed E-state index contributed by atoms with van der Waals surface area (Å²) in [5.41, 5.74) is 8.25. The first-order chi connectivity index (χ1) is 13.6. The first-order valence-electron chi connectivity index (χ1n) is 9.65. The number of aromatic hydroxyl groups is 1. The van der Waals surface area contributed by atoms with Crippen molar-refractivity contribution >= 4 is 11.6 Å². The molecule has 1 saturated heterocycles. The summed E-state index contributed by atoms with van der Waals surface area (Å²) < 4.78 is 5.36. The van der Waals surface area contributed by atoms with E-state index in [9.17, 15) is 14.7 Å². The van der Waals surface area contributed by atoms with Gasteiger partial charge in [0.05, 0.1) is 18.8 Å². The molecule has 2 aromatic carbocycles. The van der Waals surface area contributed by atoms with Crippen LogP contribution in [0.3, 0.4) is 0 Å². The largest absolute Gasteiger partial charge is 0.507 e. The van der Waals surface area contributed by atoms with Crippen LogP contribution in [0, 0.1) is 0 Å². The van der Waals surface area contributed by atoms with Gasteiger partial charge in [-0.25, -0.2) is 0 Å². The van der Waals surface area contributed by atoms with Gasteiger partial charge in [-0.15, -0.1) is 0 Å². The number of benzene rings is 2. The predicted octanol–water partition coefficient (Wildman–Crippen LogP) is 1.76. The number of nitrogens with two attached hydrogens (primary N) is 1. The number of morpholine rings is 1. The fourth-order valence-electron chi connectivity index (χ4n) is 4.03. The van der Waals surface area contributed by atoms with Crippen molar-refractivity contribution < 1.29 is 19.4 Å². The Balaban J connectivity index is 1.56. The van der Waals surface area contributed by atoms with Gasteiger partial charge in [-0.3, -0.25) is 14.5 Å². The Bertz CT molecular complexity index is 919. The molecular weight excluding hydrogens is 356 g/mol. The second-order valence-electron chi connectivity index (χ2n) is 7.41. The number of hydrogen-bond acceptors (Lipinski definition) is 6. The van der Waals surface area contributed by atoms with E-state index in [2.05, 4.69) is 4.90 Å². The molecule has 0 aromatic heterocycles. The number of ketones is 2. The topological polar surface area (TPSA) is 92.9 Å². The highest BCUT2D eigenvalue weighted by atomic mass is 16.5. The fourth-order valence-corrected chi connectivity index (χ4v) is 4.03. The van der Waals surface area contributed by atoms with Crippen LogP contribution in [-0.4, -0.2) is 60.5 Å². The minimum atomic E-state index is -0.304. The zero-order valence-corrected chi connectivity index (χ0v) is 15.7. The molecule has 3 N–H and O–H groups in total. The van der Waals surface area contributed by atoms with E-state index >= 15 is 0 Å². The molecule has 28 heavy (non-hydrogen) atoms. The SMILES string of the molecule is NC(CCc1ccc(O)c2c1C(=O)c1ccccc1C2=O)CN1CCOCC1. The maximum atomic E-state index is 13.1. The third-order valence-electron chi connectivity index (χ3n) is 5.52. The van der Waals surface area contributed by atoms with Crippen LogP contribution in [0.15, 0.2) is 36.4 Å². The van der Waals surface area contributed by atoms with E-state index in [1.807, 2.05) is 0 Å². The lowest BCUT2D eigenvalue weighted by Crippen LogP contribution is -2.43. The Morgan fingerprint density at radius 2 is 1.64 bits per heavy atom. The van der Waals surface area contributed by atoms with Gasteiger partial charge in [0.1, 0.15) is 5.75 Å². The average Bonchev–Trinajstić information content (AvgIpc) is 2.71. The van der Waals surface area contributed by atoms with Gasteiger partial charge in [0.15, 0.2) is 11.6 Å². The Morgan fingerprint density at radius 1 is 1.00 bits per heavy atom. The maximum Gasteiger partial charge on any atom is 0.198 e. The molecule has 0 radical (unpaired) electrons. The lowest BCUT2D eigenvalue weighted by Gasteiger charge is -2.29. The summed E-state index contributed by atoms with van der Waals surface area (Å²) in [7, 11) is 0. The number of carbonyl (C=O) groups excluding carboxylic acids is 2. The Morgan fingerprint density at radius 3 is 2.32 bits per heavy atom. The van der Waals surface area contributed by atoms with Crippen LogP contribution < -0.4 is 5.73 Å². The number of phenols is 1. The maximum absolute atomic E-state index is 13.1. The van der Waals surface area contributed by atoms with E-state index in [-0.39, 0.29) is 28.9 Å². The number of ether oxygens (including phenoxy) is 1. The quantitative estimate of drug-likeness (QED) is 0.701. The molecule has 0 saturated carbocycles. The van der Waals surface area contributed by atoms with Crippen molar-refractivity contribution in [3.8, 4) is 5.75 Å². The van der Waals surface area contributed by atoms with Gasteiger partial charge in [-0.05, 0) is 24.5 Å². The van der Waals surface area contributed by atoms with Gasteiger partial charge in [0.2, 0.25) is 0 Å². The highest BCUT2D eigenvalue weighted by Crippen LogP contribution is 2.35. The smallest absolute Gasteiger partial charge is 0.198 e. The molecule has 1 aliphatic heterocycles. The van der Waals surface area contributed by atoms with E-state index in [1.165, 1.54) is 6.07 Å². The number of carbonyl (C=O) groups is 2. The van der Waals surface area contributed by atoms with E-state index in [4.69, 9.17) is 10.5 Å². The molecule has 0 bridgehead atoms. The highest BCUT2D eigenvalue weighted by molar-refractivity contribution is 6.29. The molecule has 1 atom stereocenters. The lowest BCUT2D eigenvalue weighted by atomic mass is 9.80. The van der Waals surface area contributed by atoms with Gasteiger partial charge in [-0.1, -0.05) is 30.3 Å². The van der Waals surface area contributed by atoms with Crippen molar-refractivity contribution in [2.24, 2.45) is 5.73 Å². The van der Waals surface area contributed by atoms with Crippen LogP contribution in [0.5, 0.6) is 5.75 Å². The van der Waals surface area contributed by atoms with E-state index in [1.54, 1.807) is 30.3 Å². The third kappa shape index (κ3) is 3.46. The molecule has 1 aliphatic carbocycles. The molecule has 4 rings (SSSR count). The minimum Gasteiger partial charge on any atom is -0.507 e. The Kier molecular flexibility index (Phi) is 5.26. The van der Waals surface area contributed by atoms with Crippen LogP contribution >= 0.6 is 0 Å². The van der Waals surface area contributed by atoms with Crippen molar-refractivity contribution in [3.63, 3.8) is 0 Å². The van der Waals surface area contributed by atoms with Gasteiger partial charge >= 0.3 is 0 Å². The summed E-state index contributed by atoms with van der Waals surface area (Å²) in [6.45, 7) is 4.00. The van der Waals surface area contributed by atoms with Gasteiger partial charge in [-0.2, -0.15) is 0 Å². The second-order valence-corrected chi connectivity index (χ2v) is 7.41. The zero-order chi connectivity index (χ0) is 19.7. The van der Waals surface area contributed by atoms with Crippen LogP contribution in [0.2, 0.25) is 0 Å². The molecule has 0 amide bonds. The third-order valence-corrected chi connectivity index (χ3v) is 5.52. The van der Waals surface area contributed by atoms with Crippen LogP contribution in [0.1, 0.15) is 43.8 Å². The monoisotopic (exact) mass is 380 g/mol. The molecule has 146 valence electrons. The number of nitrogens with zero attached hydrogens (tertiary/aromatic N) is 1. The molecule has 2 aliphatic rings. The van der Waals surface area contributed by atoms with Crippen LogP contribution in [-0.2, 0) is 11.2 Å². The Hall–Kier alpha value is -2.54. The van der Waals surface area contributed by atoms with Gasteiger partial charge in [0, 0.05) is 42.4 Å². The first-order valence-corrected chi connectivity index (χ1v) is 9.65. The fraction of sp³-hybridized carbons (Fsp3) is 0.364. The molecule has 1 fully saturated rings. The number of hydrogen-bond donors (Lipinski definition) is 2. The summed E-state index contributed by atoms with van der Waals surface area (Å²) >= 11 is 0. The van der Waals surface area contributed by atoms with Gasteiger partial charge in [0.25, 0.3) is 0 Å². The standard InChI is InChI=1S/C22H24N2O4/c23-15(13-24-9-11-28-12-10-24)7-5-14-6-8-18(25)20-19(14)21(26)16-3-1-2-4-17(16)22(20)27/h1-4,6,8,15,25H,5,7,9-13,23H2. The molecule has 1 unspecified atom stereocenters. The van der Waals surface area contributed by atoms with Crippen molar-refractivity contribution in [2.45, 2.75) is 18.9 Å². The zero-order valence-electron chi connectivity index (χ0n) is 15.7. The molecular formula is C22H24N2O4. The molecule has 2 aromatic rings. The molecule has 0 spiro atoms. The summed E-state index contributed by atoms with van der Waals surface area (Å²) in [4.78, 5) is 28.2. The van der Waals surface area contributed by atoms with Crippen LogP contribution in [0.4, 0.5) is 0 Å². The average molecular weight is 380 g/mol. The van der Waals surface area contributed by atoms with Crippen molar-refractivity contribution in [1.29, 1.82) is 0 Å². The van der Waals surface area contributed by atoms with Crippen molar-refractivity contribution in [1.82, 2.24) is 4.90 Å². The van der Waals surface area contributed by atoms with E-state index < -0.39 is 0 Å². The molecule has 6 heteroatoms. The highest BCUT2D eigenvalue weighted by Gasteiger charge is 2.33.